The summed E-state index contributed by atoms with van der Waals surface area (Å²) in [6.07, 6.45) is 4.08. The van der Waals surface area contributed by atoms with Gasteiger partial charge >= 0.3 is 5.97 Å². The number of aliphatic hydroxyl groups excluding tert-OH is 1. The molecule has 108 valence electrons. The Morgan fingerprint density at radius 2 is 2.05 bits per heavy atom. The molecular weight excluding hydrogens is 260 g/mol. The van der Waals surface area contributed by atoms with Gasteiger partial charge in [0, 0.05) is 6.20 Å². The molecule has 6 heteroatoms. The van der Waals surface area contributed by atoms with E-state index in [1.807, 2.05) is 0 Å². The van der Waals surface area contributed by atoms with E-state index in [0.29, 0.717) is 18.5 Å². The summed E-state index contributed by atoms with van der Waals surface area (Å²) in [6, 6.07) is 3.07. The number of ketones is 1. The highest BCUT2D eigenvalue weighted by Gasteiger charge is 2.43. The molecule has 1 aromatic rings. The van der Waals surface area contributed by atoms with Crippen molar-refractivity contribution < 1.29 is 19.4 Å². The number of aromatic nitrogens is 1. The van der Waals surface area contributed by atoms with E-state index in [9.17, 15) is 9.59 Å². The zero-order valence-electron chi connectivity index (χ0n) is 11.2. The molecule has 6 nitrogen and oxygen atoms in total. The number of rotatable bonds is 5. The molecule has 0 spiro atoms. The van der Waals surface area contributed by atoms with Gasteiger partial charge in [0.1, 0.15) is 0 Å². The summed E-state index contributed by atoms with van der Waals surface area (Å²) in [7, 11) is 0. The summed E-state index contributed by atoms with van der Waals surface area (Å²) in [5.41, 5.74) is 5.07. The Morgan fingerprint density at radius 3 is 2.55 bits per heavy atom. The fourth-order valence-corrected chi connectivity index (χ4v) is 2.45. The van der Waals surface area contributed by atoms with Gasteiger partial charge in [0.05, 0.1) is 24.4 Å². The van der Waals surface area contributed by atoms with Crippen LogP contribution in [0.4, 0.5) is 0 Å². The van der Waals surface area contributed by atoms with Crippen LogP contribution in [0.15, 0.2) is 18.3 Å². The minimum atomic E-state index is -1.07. The number of nitrogens with two attached hydrogens (primary N) is 1. The molecule has 1 aromatic heterocycles. The summed E-state index contributed by atoms with van der Waals surface area (Å²) in [6.45, 7) is -0.320. The van der Waals surface area contributed by atoms with Gasteiger partial charge in [0.2, 0.25) is 0 Å². The summed E-state index contributed by atoms with van der Waals surface area (Å²) >= 11 is 0. The fourth-order valence-electron chi connectivity index (χ4n) is 2.45. The molecule has 0 aliphatic heterocycles. The first-order chi connectivity index (χ1) is 9.61. The van der Waals surface area contributed by atoms with Gasteiger partial charge in [-0.15, -0.1) is 0 Å². The average Bonchev–Trinajstić information content (AvgIpc) is 2.96. The largest absolute Gasteiger partial charge is 0.447 e. The monoisotopic (exact) mass is 278 g/mol. The predicted octanol–water partition coefficient (Wildman–Crippen LogP) is 0.571. The normalized spacial score (nSPS) is 16.9. The number of carbonyl (C=O) groups excluding carboxylic acids is 2. The van der Waals surface area contributed by atoms with E-state index in [1.54, 1.807) is 6.07 Å². The van der Waals surface area contributed by atoms with E-state index in [1.165, 1.54) is 12.3 Å². The number of Topliss-reactive ketones (excluding diaryl/α,β-unsaturated/α-hetero) is 1. The Labute approximate surface area is 117 Å². The smallest absolute Gasteiger partial charge is 0.340 e. The number of nitrogens with zero attached hydrogens (tertiary/aromatic N) is 1. The van der Waals surface area contributed by atoms with Crippen molar-refractivity contribution in [2.75, 3.05) is 6.54 Å². The quantitative estimate of drug-likeness (QED) is 0.763. The maximum Gasteiger partial charge on any atom is 0.340 e. The van der Waals surface area contributed by atoms with Crippen molar-refractivity contribution in [1.82, 2.24) is 4.98 Å². The average molecular weight is 278 g/mol. The number of ether oxygens (including phenoxy) is 1. The molecule has 0 radical (unpaired) electrons. The van der Waals surface area contributed by atoms with Crippen molar-refractivity contribution in [2.45, 2.75) is 37.9 Å². The third-order valence-electron chi connectivity index (χ3n) is 3.62. The van der Waals surface area contributed by atoms with Crippen molar-refractivity contribution in [3.05, 3.63) is 29.6 Å². The number of carbonyl (C=O) groups is 2. The van der Waals surface area contributed by atoms with Crippen LogP contribution >= 0.6 is 0 Å². The second kappa shape index (κ2) is 6.11. The van der Waals surface area contributed by atoms with Crippen LogP contribution in [0.25, 0.3) is 0 Å². The van der Waals surface area contributed by atoms with Crippen LogP contribution in [0.1, 0.15) is 41.7 Å². The highest BCUT2D eigenvalue weighted by Crippen LogP contribution is 2.34. The van der Waals surface area contributed by atoms with E-state index in [-0.39, 0.29) is 24.5 Å². The Hall–Kier alpha value is -1.79. The highest BCUT2D eigenvalue weighted by molar-refractivity contribution is 5.95. The highest BCUT2D eigenvalue weighted by atomic mass is 16.6. The lowest BCUT2D eigenvalue weighted by atomic mass is 9.96. The number of esters is 1. The first-order valence-electron chi connectivity index (χ1n) is 6.64. The van der Waals surface area contributed by atoms with E-state index < -0.39 is 11.6 Å². The third-order valence-corrected chi connectivity index (χ3v) is 3.62. The molecule has 0 saturated heterocycles. The lowest BCUT2D eigenvalue weighted by Crippen LogP contribution is -2.44. The summed E-state index contributed by atoms with van der Waals surface area (Å²) < 4.78 is 5.44. The van der Waals surface area contributed by atoms with Gasteiger partial charge < -0.3 is 15.6 Å². The SMILES string of the molecule is NCC(=O)C1(OC(=O)c2ccc(CO)nc2)CCCC1. The molecule has 1 aliphatic rings. The first kappa shape index (κ1) is 14.6. The Bertz CT molecular complexity index is 492. The zero-order chi connectivity index (χ0) is 14.6. The maximum atomic E-state index is 12.1. The molecule has 1 aliphatic carbocycles. The molecule has 1 heterocycles. The van der Waals surface area contributed by atoms with Gasteiger partial charge in [-0.25, -0.2) is 4.79 Å². The Kier molecular flexibility index (Phi) is 4.46. The van der Waals surface area contributed by atoms with Crippen LogP contribution in [0, 0.1) is 0 Å². The molecule has 2 rings (SSSR count). The van der Waals surface area contributed by atoms with Crippen LogP contribution < -0.4 is 5.73 Å². The number of aliphatic hydroxyl groups is 1. The molecule has 0 atom stereocenters. The molecule has 0 amide bonds. The maximum absolute atomic E-state index is 12.1. The third kappa shape index (κ3) is 2.86. The molecule has 1 fully saturated rings. The standard InChI is InChI=1S/C14H18N2O4/c15-7-12(18)14(5-1-2-6-14)20-13(19)10-3-4-11(9-17)16-8-10/h3-4,8,17H,1-2,5-7,9,15H2. The zero-order valence-corrected chi connectivity index (χ0v) is 11.2. The second-order valence-corrected chi connectivity index (χ2v) is 4.91. The van der Waals surface area contributed by atoms with Crippen molar-refractivity contribution in [2.24, 2.45) is 5.73 Å². The van der Waals surface area contributed by atoms with Crippen molar-refractivity contribution >= 4 is 11.8 Å². The minimum Gasteiger partial charge on any atom is -0.447 e. The first-order valence-corrected chi connectivity index (χ1v) is 6.64. The number of hydrogen-bond donors (Lipinski definition) is 2. The molecular formula is C14H18N2O4. The van der Waals surface area contributed by atoms with Crippen LogP contribution in [-0.4, -0.2) is 34.0 Å². The van der Waals surface area contributed by atoms with Crippen LogP contribution in [-0.2, 0) is 16.1 Å². The van der Waals surface area contributed by atoms with Gasteiger partial charge in [-0.1, -0.05) is 0 Å². The van der Waals surface area contributed by atoms with E-state index >= 15 is 0 Å². The second-order valence-electron chi connectivity index (χ2n) is 4.91. The fraction of sp³-hybridized carbons (Fsp3) is 0.500. The van der Waals surface area contributed by atoms with E-state index in [4.69, 9.17) is 15.6 Å². The number of pyridine rings is 1. The summed E-state index contributed by atoms with van der Waals surface area (Å²) in [5.74, 6) is -0.811. The van der Waals surface area contributed by atoms with Crippen LogP contribution in [0.2, 0.25) is 0 Å². The molecule has 20 heavy (non-hydrogen) atoms. The Balaban J connectivity index is 2.14. The van der Waals surface area contributed by atoms with Crippen LogP contribution in [0.5, 0.6) is 0 Å². The van der Waals surface area contributed by atoms with Crippen LogP contribution in [0.3, 0.4) is 0 Å². The molecule has 3 N–H and O–H groups in total. The van der Waals surface area contributed by atoms with Crippen molar-refractivity contribution in [1.29, 1.82) is 0 Å². The molecule has 0 aromatic carbocycles. The predicted molar refractivity (Wildman–Crippen MR) is 70.8 cm³/mol. The molecule has 0 unspecified atom stereocenters. The van der Waals surface area contributed by atoms with E-state index in [0.717, 1.165) is 12.8 Å². The van der Waals surface area contributed by atoms with Gasteiger partial charge in [0.25, 0.3) is 0 Å². The van der Waals surface area contributed by atoms with Crippen molar-refractivity contribution in [3.63, 3.8) is 0 Å². The Morgan fingerprint density at radius 1 is 1.35 bits per heavy atom. The van der Waals surface area contributed by atoms with Gasteiger partial charge in [-0.3, -0.25) is 9.78 Å². The molecule has 1 saturated carbocycles. The topological polar surface area (TPSA) is 103 Å². The van der Waals surface area contributed by atoms with Gasteiger partial charge in [-0.05, 0) is 37.8 Å². The lowest BCUT2D eigenvalue weighted by Gasteiger charge is -2.26. The van der Waals surface area contributed by atoms with Gasteiger partial charge in [-0.2, -0.15) is 0 Å². The number of hydrogen-bond acceptors (Lipinski definition) is 6. The van der Waals surface area contributed by atoms with E-state index in [2.05, 4.69) is 4.98 Å². The molecule has 0 bridgehead atoms. The van der Waals surface area contributed by atoms with Crippen molar-refractivity contribution in [3.8, 4) is 0 Å². The lowest BCUT2D eigenvalue weighted by molar-refractivity contribution is -0.136. The minimum absolute atomic E-state index is 0.130. The van der Waals surface area contributed by atoms with Gasteiger partial charge in [0.15, 0.2) is 11.4 Å². The summed E-state index contributed by atoms with van der Waals surface area (Å²) in [4.78, 5) is 28.0. The summed E-state index contributed by atoms with van der Waals surface area (Å²) in [5, 5.41) is 8.91.